The Hall–Kier alpha value is -2.30. The fourth-order valence-corrected chi connectivity index (χ4v) is 1.89. The number of phenols is 1. The topological polar surface area (TPSA) is 76.7 Å². The lowest BCUT2D eigenvalue weighted by Gasteiger charge is -2.07. The van der Waals surface area contributed by atoms with Crippen LogP contribution >= 0.6 is 0 Å². The maximum Gasteiger partial charge on any atom is 0.336 e. The minimum atomic E-state index is -0.539. The predicted molar refractivity (Wildman–Crippen MR) is 73.5 cm³/mol. The Labute approximate surface area is 115 Å². The molecule has 0 atom stereocenters. The summed E-state index contributed by atoms with van der Waals surface area (Å²) in [5.74, 6) is -0.273. The summed E-state index contributed by atoms with van der Waals surface area (Å²) in [6.45, 7) is 2.02. The molecular weight excluding hydrogens is 260 g/mol. The van der Waals surface area contributed by atoms with Crippen LogP contribution in [0.3, 0.4) is 0 Å². The lowest BCUT2D eigenvalue weighted by molar-refractivity contribution is -0.145. The van der Waals surface area contributed by atoms with Gasteiger partial charge in [0.15, 0.2) is 0 Å². The third kappa shape index (κ3) is 3.38. The monoisotopic (exact) mass is 276 g/mol. The van der Waals surface area contributed by atoms with Crippen LogP contribution in [0, 0.1) is 0 Å². The minimum Gasteiger partial charge on any atom is -0.508 e. The number of fused-ring (bicyclic) bond motifs is 1. The van der Waals surface area contributed by atoms with Gasteiger partial charge in [0, 0.05) is 29.5 Å². The summed E-state index contributed by atoms with van der Waals surface area (Å²) in [7, 11) is 0. The standard InChI is InChI=1S/C15H16O5/c1-2-3-4-14(17)19-9-10-7-15(18)20-13-8-11(16)5-6-12(10)13/h5-8,16H,2-4,9H2,1H3. The van der Waals surface area contributed by atoms with Crippen LogP contribution in [0.1, 0.15) is 31.7 Å². The van der Waals surface area contributed by atoms with Gasteiger partial charge in [0.1, 0.15) is 17.9 Å². The van der Waals surface area contributed by atoms with E-state index in [0.717, 1.165) is 12.8 Å². The summed E-state index contributed by atoms with van der Waals surface area (Å²) in [5.41, 5.74) is 0.306. The zero-order valence-corrected chi connectivity index (χ0v) is 11.2. The molecule has 0 fully saturated rings. The second-order valence-corrected chi connectivity index (χ2v) is 4.54. The Morgan fingerprint density at radius 2 is 2.15 bits per heavy atom. The van der Waals surface area contributed by atoms with Crippen LogP contribution in [0.15, 0.2) is 33.5 Å². The van der Waals surface area contributed by atoms with Gasteiger partial charge in [-0.05, 0) is 18.6 Å². The van der Waals surface area contributed by atoms with E-state index in [1.54, 1.807) is 6.07 Å². The summed E-state index contributed by atoms with van der Waals surface area (Å²) >= 11 is 0. The third-order valence-electron chi connectivity index (χ3n) is 2.94. The van der Waals surface area contributed by atoms with Crippen molar-refractivity contribution in [2.24, 2.45) is 0 Å². The summed E-state index contributed by atoms with van der Waals surface area (Å²) in [5, 5.41) is 10.0. The molecule has 20 heavy (non-hydrogen) atoms. The lowest BCUT2D eigenvalue weighted by Crippen LogP contribution is -2.07. The zero-order valence-electron chi connectivity index (χ0n) is 11.2. The third-order valence-corrected chi connectivity index (χ3v) is 2.94. The first-order valence-electron chi connectivity index (χ1n) is 6.51. The van der Waals surface area contributed by atoms with Crippen molar-refractivity contribution in [2.75, 3.05) is 0 Å². The Morgan fingerprint density at radius 3 is 2.90 bits per heavy atom. The van der Waals surface area contributed by atoms with Crippen molar-refractivity contribution in [3.63, 3.8) is 0 Å². The predicted octanol–water partition coefficient (Wildman–Crippen LogP) is 2.73. The molecule has 1 aromatic carbocycles. The van der Waals surface area contributed by atoms with Crippen LogP contribution in [-0.2, 0) is 16.1 Å². The molecule has 0 aliphatic heterocycles. The summed E-state index contributed by atoms with van der Waals surface area (Å²) in [6, 6.07) is 5.78. The Balaban J connectivity index is 2.21. The number of esters is 1. The van der Waals surface area contributed by atoms with Crippen LogP contribution in [0.5, 0.6) is 5.75 Å². The van der Waals surface area contributed by atoms with Gasteiger partial charge in [-0.15, -0.1) is 0 Å². The number of carbonyl (C=O) groups is 1. The lowest BCUT2D eigenvalue weighted by atomic mass is 10.1. The van der Waals surface area contributed by atoms with Crippen LogP contribution in [0.2, 0.25) is 0 Å². The average Bonchev–Trinajstić information content (AvgIpc) is 2.41. The van der Waals surface area contributed by atoms with Crippen molar-refractivity contribution in [3.8, 4) is 5.75 Å². The maximum absolute atomic E-state index is 11.5. The molecule has 0 unspecified atom stereocenters. The summed E-state index contributed by atoms with van der Waals surface area (Å²) < 4.78 is 10.1. The van der Waals surface area contributed by atoms with E-state index in [9.17, 15) is 14.7 Å². The van der Waals surface area contributed by atoms with Gasteiger partial charge in [-0.3, -0.25) is 4.79 Å². The van der Waals surface area contributed by atoms with Gasteiger partial charge in [0.05, 0.1) is 0 Å². The zero-order chi connectivity index (χ0) is 14.5. The molecule has 106 valence electrons. The Bertz CT molecular complexity index is 672. The van der Waals surface area contributed by atoms with Gasteiger partial charge in [0.25, 0.3) is 0 Å². The molecule has 1 heterocycles. The molecule has 0 aliphatic rings. The van der Waals surface area contributed by atoms with E-state index in [1.165, 1.54) is 18.2 Å². The van der Waals surface area contributed by atoms with Crippen LogP contribution < -0.4 is 5.63 Å². The highest BCUT2D eigenvalue weighted by molar-refractivity contribution is 5.81. The van der Waals surface area contributed by atoms with E-state index in [1.807, 2.05) is 6.92 Å². The summed E-state index contributed by atoms with van der Waals surface area (Å²) in [4.78, 5) is 22.9. The molecule has 1 N–H and O–H groups in total. The number of ether oxygens (including phenoxy) is 1. The molecule has 0 saturated carbocycles. The molecule has 0 saturated heterocycles. The van der Waals surface area contributed by atoms with E-state index in [-0.39, 0.29) is 23.9 Å². The maximum atomic E-state index is 11.5. The second kappa shape index (κ2) is 6.23. The van der Waals surface area contributed by atoms with Crippen LogP contribution in [-0.4, -0.2) is 11.1 Å². The smallest absolute Gasteiger partial charge is 0.336 e. The molecule has 2 aromatic rings. The second-order valence-electron chi connectivity index (χ2n) is 4.54. The van der Waals surface area contributed by atoms with E-state index < -0.39 is 5.63 Å². The number of unbranched alkanes of at least 4 members (excludes halogenated alkanes) is 1. The van der Waals surface area contributed by atoms with Crippen molar-refractivity contribution < 1.29 is 19.1 Å². The molecule has 5 heteroatoms. The number of hydrogen-bond acceptors (Lipinski definition) is 5. The molecular formula is C15H16O5. The van der Waals surface area contributed by atoms with E-state index in [4.69, 9.17) is 9.15 Å². The first-order chi connectivity index (χ1) is 9.60. The largest absolute Gasteiger partial charge is 0.508 e. The minimum absolute atomic E-state index is 0.0118. The van der Waals surface area contributed by atoms with Crippen molar-refractivity contribution in [1.82, 2.24) is 0 Å². The van der Waals surface area contributed by atoms with E-state index in [0.29, 0.717) is 17.4 Å². The molecule has 0 radical (unpaired) electrons. The number of benzene rings is 1. The molecule has 0 spiro atoms. The fraction of sp³-hybridized carbons (Fsp3) is 0.333. The average molecular weight is 276 g/mol. The normalized spacial score (nSPS) is 10.7. The van der Waals surface area contributed by atoms with Gasteiger partial charge in [-0.1, -0.05) is 13.3 Å². The number of phenolic OH excluding ortho intramolecular Hbond substituents is 1. The van der Waals surface area contributed by atoms with Gasteiger partial charge in [-0.25, -0.2) is 4.79 Å². The SMILES string of the molecule is CCCCC(=O)OCc1cc(=O)oc2cc(O)ccc12. The fourth-order valence-electron chi connectivity index (χ4n) is 1.89. The van der Waals surface area contributed by atoms with Crippen LogP contribution in [0.4, 0.5) is 0 Å². The van der Waals surface area contributed by atoms with Gasteiger partial charge in [0.2, 0.25) is 0 Å². The molecule has 5 nitrogen and oxygen atoms in total. The molecule has 0 aliphatic carbocycles. The van der Waals surface area contributed by atoms with E-state index in [2.05, 4.69) is 0 Å². The van der Waals surface area contributed by atoms with E-state index >= 15 is 0 Å². The first kappa shape index (κ1) is 14.1. The van der Waals surface area contributed by atoms with Crippen molar-refractivity contribution in [2.45, 2.75) is 32.8 Å². The van der Waals surface area contributed by atoms with Gasteiger partial charge in [-0.2, -0.15) is 0 Å². The highest BCUT2D eigenvalue weighted by Gasteiger charge is 2.09. The summed E-state index contributed by atoms with van der Waals surface area (Å²) in [6.07, 6.45) is 2.08. The van der Waals surface area contributed by atoms with Crippen LogP contribution in [0.25, 0.3) is 11.0 Å². The molecule has 1 aromatic heterocycles. The van der Waals surface area contributed by atoms with Crippen molar-refractivity contribution >= 4 is 16.9 Å². The number of aromatic hydroxyl groups is 1. The number of rotatable bonds is 5. The Kier molecular flexibility index (Phi) is 4.40. The van der Waals surface area contributed by atoms with Gasteiger partial charge < -0.3 is 14.3 Å². The first-order valence-corrected chi connectivity index (χ1v) is 6.51. The highest BCUT2D eigenvalue weighted by atomic mass is 16.5. The molecule has 2 rings (SSSR count). The molecule has 0 bridgehead atoms. The molecule has 0 amide bonds. The number of carbonyl (C=O) groups excluding carboxylic acids is 1. The van der Waals surface area contributed by atoms with Gasteiger partial charge >= 0.3 is 11.6 Å². The number of hydrogen-bond donors (Lipinski definition) is 1. The van der Waals surface area contributed by atoms with Crippen molar-refractivity contribution in [3.05, 3.63) is 40.2 Å². The highest BCUT2D eigenvalue weighted by Crippen LogP contribution is 2.22. The van der Waals surface area contributed by atoms with Crippen molar-refractivity contribution in [1.29, 1.82) is 0 Å². The quantitative estimate of drug-likeness (QED) is 0.671. The Morgan fingerprint density at radius 1 is 1.35 bits per heavy atom.